The van der Waals surface area contributed by atoms with Crippen molar-refractivity contribution in [3.05, 3.63) is 11.6 Å². The lowest BCUT2D eigenvalue weighted by molar-refractivity contribution is -0.132. The molecule has 0 aromatic carbocycles. The molecular formula is C14H26O3. The SMILES string of the molecule is CCCCC(/C=C(\C)C(=O)O)C(CO)CCC. The number of carbonyl (C=O) groups is 1. The van der Waals surface area contributed by atoms with E-state index in [9.17, 15) is 9.90 Å². The Morgan fingerprint density at radius 3 is 2.29 bits per heavy atom. The Morgan fingerprint density at radius 2 is 1.88 bits per heavy atom. The minimum atomic E-state index is -0.861. The molecule has 17 heavy (non-hydrogen) atoms. The van der Waals surface area contributed by atoms with Crippen LogP contribution in [-0.4, -0.2) is 22.8 Å². The zero-order valence-corrected chi connectivity index (χ0v) is 11.3. The lowest BCUT2D eigenvalue weighted by atomic mass is 9.84. The Kier molecular flexibility index (Phi) is 8.78. The summed E-state index contributed by atoms with van der Waals surface area (Å²) >= 11 is 0. The molecule has 3 heteroatoms. The predicted molar refractivity (Wildman–Crippen MR) is 69.9 cm³/mol. The van der Waals surface area contributed by atoms with E-state index in [0.717, 1.165) is 32.1 Å². The van der Waals surface area contributed by atoms with Crippen molar-refractivity contribution in [3.8, 4) is 0 Å². The van der Waals surface area contributed by atoms with E-state index >= 15 is 0 Å². The summed E-state index contributed by atoms with van der Waals surface area (Å²) in [6.07, 6.45) is 6.94. The number of unbranched alkanes of at least 4 members (excludes halogenated alkanes) is 1. The molecular weight excluding hydrogens is 216 g/mol. The number of allylic oxidation sites excluding steroid dienone is 1. The van der Waals surface area contributed by atoms with Crippen LogP contribution in [0.2, 0.25) is 0 Å². The summed E-state index contributed by atoms with van der Waals surface area (Å²) in [5, 5.41) is 18.3. The Hall–Kier alpha value is -0.830. The fourth-order valence-electron chi connectivity index (χ4n) is 2.10. The molecule has 0 aromatic heterocycles. The second-order valence-corrected chi connectivity index (χ2v) is 4.69. The van der Waals surface area contributed by atoms with Gasteiger partial charge in [0.15, 0.2) is 0 Å². The molecule has 0 bridgehead atoms. The number of aliphatic hydroxyl groups is 1. The fraction of sp³-hybridized carbons (Fsp3) is 0.786. The van der Waals surface area contributed by atoms with Gasteiger partial charge in [-0.05, 0) is 31.6 Å². The van der Waals surface area contributed by atoms with Crippen LogP contribution in [0.25, 0.3) is 0 Å². The summed E-state index contributed by atoms with van der Waals surface area (Å²) in [6.45, 7) is 5.99. The number of aliphatic hydroxyl groups excluding tert-OH is 1. The maximum atomic E-state index is 10.8. The second-order valence-electron chi connectivity index (χ2n) is 4.69. The van der Waals surface area contributed by atoms with Crippen molar-refractivity contribution >= 4 is 5.97 Å². The second kappa shape index (κ2) is 9.23. The Balaban J connectivity index is 4.71. The minimum Gasteiger partial charge on any atom is -0.478 e. The van der Waals surface area contributed by atoms with Crippen LogP contribution in [0.4, 0.5) is 0 Å². The summed E-state index contributed by atoms with van der Waals surface area (Å²) in [5.41, 5.74) is 0.389. The van der Waals surface area contributed by atoms with Gasteiger partial charge in [-0.3, -0.25) is 0 Å². The Labute approximate surface area is 105 Å². The average Bonchev–Trinajstić information content (AvgIpc) is 2.31. The van der Waals surface area contributed by atoms with Crippen LogP contribution in [0.5, 0.6) is 0 Å². The van der Waals surface area contributed by atoms with Gasteiger partial charge in [-0.1, -0.05) is 39.2 Å². The van der Waals surface area contributed by atoms with Crippen molar-refractivity contribution < 1.29 is 15.0 Å². The Morgan fingerprint density at radius 1 is 1.24 bits per heavy atom. The monoisotopic (exact) mass is 242 g/mol. The predicted octanol–water partition coefficient (Wildman–Crippen LogP) is 3.23. The van der Waals surface area contributed by atoms with Crippen LogP contribution in [0.3, 0.4) is 0 Å². The van der Waals surface area contributed by atoms with Crippen LogP contribution in [0, 0.1) is 11.8 Å². The van der Waals surface area contributed by atoms with Gasteiger partial charge in [0, 0.05) is 12.2 Å². The number of aliphatic carboxylic acids is 1. The van der Waals surface area contributed by atoms with E-state index in [-0.39, 0.29) is 18.4 Å². The minimum absolute atomic E-state index is 0.144. The first-order valence-corrected chi connectivity index (χ1v) is 6.59. The van der Waals surface area contributed by atoms with Crippen molar-refractivity contribution in [2.75, 3.05) is 6.61 Å². The molecule has 0 aliphatic rings. The van der Waals surface area contributed by atoms with Gasteiger partial charge in [0.2, 0.25) is 0 Å². The van der Waals surface area contributed by atoms with E-state index in [1.54, 1.807) is 6.92 Å². The highest BCUT2D eigenvalue weighted by atomic mass is 16.4. The molecule has 0 radical (unpaired) electrons. The summed E-state index contributed by atoms with van der Waals surface area (Å²) in [6, 6.07) is 0. The van der Waals surface area contributed by atoms with Gasteiger partial charge < -0.3 is 10.2 Å². The third-order valence-electron chi connectivity index (χ3n) is 3.19. The normalized spacial score (nSPS) is 15.6. The highest BCUT2D eigenvalue weighted by Gasteiger charge is 2.18. The molecule has 0 aliphatic heterocycles. The number of carboxylic acids is 1. The van der Waals surface area contributed by atoms with Gasteiger partial charge >= 0.3 is 5.97 Å². The van der Waals surface area contributed by atoms with E-state index < -0.39 is 5.97 Å². The van der Waals surface area contributed by atoms with Crippen LogP contribution >= 0.6 is 0 Å². The average molecular weight is 242 g/mol. The quantitative estimate of drug-likeness (QED) is 0.610. The molecule has 0 saturated heterocycles. The van der Waals surface area contributed by atoms with E-state index in [4.69, 9.17) is 5.11 Å². The topological polar surface area (TPSA) is 57.5 Å². The van der Waals surface area contributed by atoms with E-state index in [1.807, 2.05) is 6.08 Å². The maximum Gasteiger partial charge on any atom is 0.330 e. The summed E-state index contributed by atoms with van der Waals surface area (Å²) in [7, 11) is 0. The van der Waals surface area contributed by atoms with E-state index in [0.29, 0.717) is 5.57 Å². The van der Waals surface area contributed by atoms with Crippen molar-refractivity contribution in [2.45, 2.75) is 52.9 Å². The molecule has 3 nitrogen and oxygen atoms in total. The number of hydrogen-bond donors (Lipinski definition) is 2. The Bertz CT molecular complexity index is 246. The van der Waals surface area contributed by atoms with Gasteiger partial charge in [-0.2, -0.15) is 0 Å². The van der Waals surface area contributed by atoms with Crippen LogP contribution in [-0.2, 0) is 4.79 Å². The standard InChI is InChI=1S/C14H26O3/c1-4-6-8-12(9-11(3)14(16)17)13(10-15)7-5-2/h9,12-13,15H,4-8,10H2,1-3H3,(H,16,17)/b11-9+. The molecule has 0 saturated carbocycles. The number of rotatable bonds is 9. The molecule has 0 amide bonds. The largest absolute Gasteiger partial charge is 0.478 e. The molecule has 0 spiro atoms. The number of hydrogen-bond acceptors (Lipinski definition) is 2. The van der Waals surface area contributed by atoms with Gasteiger partial charge in [-0.15, -0.1) is 0 Å². The molecule has 0 aliphatic carbocycles. The van der Waals surface area contributed by atoms with Gasteiger partial charge in [0.05, 0.1) is 0 Å². The highest BCUT2D eigenvalue weighted by Crippen LogP contribution is 2.25. The molecule has 0 aromatic rings. The lowest BCUT2D eigenvalue weighted by Crippen LogP contribution is -2.18. The van der Waals surface area contributed by atoms with Crippen molar-refractivity contribution in [1.29, 1.82) is 0 Å². The van der Waals surface area contributed by atoms with Crippen molar-refractivity contribution in [2.24, 2.45) is 11.8 Å². The van der Waals surface area contributed by atoms with Crippen LogP contribution in [0.1, 0.15) is 52.9 Å². The van der Waals surface area contributed by atoms with Gasteiger partial charge in [0.1, 0.15) is 0 Å². The fourth-order valence-corrected chi connectivity index (χ4v) is 2.10. The first-order chi connectivity index (χ1) is 8.06. The first kappa shape index (κ1) is 16.2. The van der Waals surface area contributed by atoms with Gasteiger partial charge in [0.25, 0.3) is 0 Å². The smallest absolute Gasteiger partial charge is 0.330 e. The molecule has 0 rings (SSSR count). The van der Waals surface area contributed by atoms with Crippen molar-refractivity contribution in [3.63, 3.8) is 0 Å². The van der Waals surface area contributed by atoms with Gasteiger partial charge in [-0.25, -0.2) is 4.79 Å². The first-order valence-electron chi connectivity index (χ1n) is 6.59. The lowest BCUT2D eigenvalue weighted by Gasteiger charge is -2.23. The molecule has 0 fully saturated rings. The van der Waals surface area contributed by atoms with Crippen LogP contribution in [0.15, 0.2) is 11.6 Å². The zero-order valence-electron chi connectivity index (χ0n) is 11.3. The molecule has 100 valence electrons. The van der Waals surface area contributed by atoms with E-state index in [1.165, 1.54) is 0 Å². The summed E-state index contributed by atoms with van der Waals surface area (Å²) < 4.78 is 0. The third kappa shape index (κ3) is 6.47. The molecule has 0 heterocycles. The molecule has 2 atom stereocenters. The van der Waals surface area contributed by atoms with E-state index in [2.05, 4.69) is 13.8 Å². The summed E-state index contributed by atoms with van der Waals surface area (Å²) in [4.78, 5) is 10.8. The zero-order chi connectivity index (χ0) is 13.3. The molecule has 2 N–H and O–H groups in total. The van der Waals surface area contributed by atoms with Crippen molar-refractivity contribution in [1.82, 2.24) is 0 Å². The maximum absolute atomic E-state index is 10.8. The summed E-state index contributed by atoms with van der Waals surface area (Å²) in [5.74, 6) is -0.475. The molecule has 2 unspecified atom stereocenters. The van der Waals surface area contributed by atoms with Crippen LogP contribution < -0.4 is 0 Å². The highest BCUT2D eigenvalue weighted by molar-refractivity contribution is 5.85. The number of carboxylic acid groups (broad SMARTS) is 1. The third-order valence-corrected chi connectivity index (χ3v) is 3.19.